The monoisotopic (exact) mass is 549 g/mol. The third-order valence-electron chi connectivity index (χ3n) is 7.61. The number of phenolic OH excluding ortho intramolecular Hbond substituents is 1. The average molecular weight is 550 g/mol. The smallest absolute Gasteiger partial charge is 0.408 e. The van der Waals surface area contributed by atoms with E-state index in [9.17, 15) is 19.5 Å². The van der Waals surface area contributed by atoms with Crippen LogP contribution in [0.3, 0.4) is 0 Å². The minimum atomic E-state index is -0.952. The molecular weight excluding hydrogens is 506 g/mol. The third-order valence-corrected chi connectivity index (χ3v) is 7.61. The molecule has 0 radical (unpaired) electrons. The van der Waals surface area contributed by atoms with Crippen molar-refractivity contribution in [2.45, 2.75) is 102 Å². The summed E-state index contributed by atoms with van der Waals surface area (Å²) in [4.78, 5) is 43.0. The highest BCUT2D eigenvalue weighted by Gasteiger charge is 2.48. The van der Waals surface area contributed by atoms with Gasteiger partial charge in [0.05, 0.1) is 0 Å². The molecule has 3 N–H and O–H groups in total. The van der Waals surface area contributed by atoms with E-state index in [4.69, 9.17) is 4.74 Å². The van der Waals surface area contributed by atoms with Gasteiger partial charge in [0.2, 0.25) is 11.8 Å². The van der Waals surface area contributed by atoms with Crippen molar-refractivity contribution in [2.75, 3.05) is 0 Å². The van der Waals surface area contributed by atoms with Crippen LogP contribution in [0.15, 0.2) is 54.6 Å². The van der Waals surface area contributed by atoms with Crippen molar-refractivity contribution in [3.63, 3.8) is 0 Å². The zero-order valence-corrected chi connectivity index (χ0v) is 24.1. The summed E-state index contributed by atoms with van der Waals surface area (Å²) < 4.78 is 5.51. The van der Waals surface area contributed by atoms with Crippen LogP contribution in [0, 0.1) is 5.92 Å². The van der Waals surface area contributed by atoms with Crippen LogP contribution >= 0.6 is 0 Å². The molecule has 8 heteroatoms. The van der Waals surface area contributed by atoms with Crippen molar-refractivity contribution >= 4 is 17.9 Å². The van der Waals surface area contributed by atoms with Crippen molar-refractivity contribution in [1.29, 1.82) is 0 Å². The fourth-order valence-corrected chi connectivity index (χ4v) is 5.51. The third kappa shape index (κ3) is 7.99. The molecule has 0 bridgehead atoms. The van der Waals surface area contributed by atoms with Crippen LogP contribution < -0.4 is 10.6 Å². The van der Waals surface area contributed by atoms with Crippen molar-refractivity contribution in [3.8, 4) is 5.75 Å². The summed E-state index contributed by atoms with van der Waals surface area (Å²) in [5, 5.41) is 16.3. The van der Waals surface area contributed by atoms with E-state index in [1.165, 1.54) is 0 Å². The maximum Gasteiger partial charge on any atom is 0.408 e. The second-order valence-electron chi connectivity index (χ2n) is 12.3. The van der Waals surface area contributed by atoms with Crippen LogP contribution in [-0.4, -0.2) is 51.6 Å². The number of alkyl carbamates (subject to hydrolysis) is 1. The van der Waals surface area contributed by atoms with Crippen molar-refractivity contribution < 1.29 is 24.2 Å². The van der Waals surface area contributed by atoms with Crippen LogP contribution in [0.25, 0.3) is 0 Å². The summed E-state index contributed by atoms with van der Waals surface area (Å²) in [6.45, 7) is 7.36. The lowest BCUT2D eigenvalue weighted by Gasteiger charge is -2.36. The number of carbonyl (C=O) groups excluding carboxylic acids is 3. The number of nitrogens with one attached hydrogen (secondary N) is 2. The van der Waals surface area contributed by atoms with Gasteiger partial charge in [-0.05, 0) is 69.2 Å². The summed E-state index contributed by atoms with van der Waals surface area (Å²) in [5.41, 5.74) is 0.678. The first-order chi connectivity index (χ1) is 19.0. The predicted molar refractivity (Wildman–Crippen MR) is 154 cm³/mol. The second-order valence-corrected chi connectivity index (χ2v) is 12.3. The number of benzene rings is 2. The van der Waals surface area contributed by atoms with Crippen LogP contribution in [0.2, 0.25) is 0 Å². The Kier molecular flexibility index (Phi) is 9.38. The first-order valence-electron chi connectivity index (χ1n) is 14.5. The van der Waals surface area contributed by atoms with Gasteiger partial charge < -0.3 is 25.4 Å². The van der Waals surface area contributed by atoms with Crippen molar-refractivity contribution in [2.24, 2.45) is 5.92 Å². The number of aromatic hydroxyl groups is 1. The Morgan fingerprint density at radius 1 is 1.02 bits per heavy atom. The lowest BCUT2D eigenvalue weighted by atomic mass is 9.94. The number of nitrogens with zero attached hydrogens (tertiary/aromatic N) is 1. The Morgan fingerprint density at radius 3 is 2.30 bits per heavy atom. The lowest BCUT2D eigenvalue weighted by Crippen LogP contribution is -2.55. The van der Waals surface area contributed by atoms with Crippen LogP contribution in [0.1, 0.15) is 83.4 Å². The summed E-state index contributed by atoms with van der Waals surface area (Å²) in [6.07, 6.45) is 5.39. The van der Waals surface area contributed by atoms with Gasteiger partial charge in [-0.2, -0.15) is 0 Å². The number of hydrogen-bond donors (Lipinski definition) is 3. The quantitative estimate of drug-likeness (QED) is 0.396. The number of amides is 3. The predicted octanol–water partition coefficient (Wildman–Crippen LogP) is 5.26. The second kappa shape index (κ2) is 12.7. The largest absolute Gasteiger partial charge is 0.508 e. The average Bonchev–Trinajstić information content (AvgIpc) is 3.62. The summed E-state index contributed by atoms with van der Waals surface area (Å²) in [6, 6.07) is 14.0. The Hall–Kier alpha value is -3.55. The van der Waals surface area contributed by atoms with Gasteiger partial charge in [-0.15, -0.1) is 0 Å². The highest BCUT2D eigenvalue weighted by atomic mass is 16.6. The molecular formula is C32H43N3O5. The van der Waals surface area contributed by atoms with E-state index in [0.29, 0.717) is 5.56 Å². The van der Waals surface area contributed by atoms with Crippen LogP contribution in [0.4, 0.5) is 4.79 Å². The highest BCUT2D eigenvalue weighted by molar-refractivity contribution is 5.93. The molecule has 2 aliphatic carbocycles. The number of phenols is 1. The Balaban J connectivity index is 1.70. The molecule has 4 unspecified atom stereocenters. The molecule has 0 heterocycles. The summed E-state index contributed by atoms with van der Waals surface area (Å²) in [5.74, 6) is -0.390. The van der Waals surface area contributed by atoms with E-state index in [1.807, 2.05) is 30.3 Å². The van der Waals surface area contributed by atoms with E-state index in [0.717, 1.165) is 44.1 Å². The van der Waals surface area contributed by atoms with Gasteiger partial charge in [0.15, 0.2) is 0 Å². The van der Waals surface area contributed by atoms with Gasteiger partial charge in [0.25, 0.3) is 0 Å². The molecule has 2 saturated carbocycles. The molecule has 40 heavy (non-hydrogen) atoms. The van der Waals surface area contributed by atoms with Gasteiger partial charge in [-0.25, -0.2) is 4.79 Å². The van der Waals surface area contributed by atoms with Gasteiger partial charge in [0, 0.05) is 18.5 Å². The molecule has 0 aromatic heterocycles. The number of carbonyl (C=O) groups is 3. The van der Waals surface area contributed by atoms with Gasteiger partial charge in [-0.1, -0.05) is 68.7 Å². The summed E-state index contributed by atoms with van der Waals surface area (Å²) in [7, 11) is 0. The SMILES string of the molecule is CC1CC1N(C(=O)C(Cc1ccccc1)NC(=O)OC(C)(C)C)C(C(=O)NC1CCCCC1)c1cccc(O)c1. The van der Waals surface area contributed by atoms with Crippen molar-refractivity contribution in [3.05, 3.63) is 65.7 Å². The molecule has 0 saturated heterocycles. The Labute approximate surface area is 237 Å². The standard InChI is InChI=1S/C32H43N3O5/c1-21-18-27(21)35(28(23-14-11-17-25(36)20-23)29(37)33-24-15-9-6-10-16-24)30(38)26(19-22-12-7-5-8-13-22)34-31(39)40-32(2,3)4/h5,7-8,11-14,17,20-21,24,26-28,36H,6,9-10,15-16,18-19H2,1-4H3,(H,33,37)(H,34,39). The molecule has 4 rings (SSSR count). The van der Waals surface area contributed by atoms with Crippen LogP contribution in [-0.2, 0) is 20.7 Å². The van der Waals surface area contributed by atoms with E-state index in [2.05, 4.69) is 17.6 Å². The van der Waals surface area contributed by atoms with Gasteiger partial charge in [0.1, 0.15) is 23.4 Å². The minimum absolute atomic E-state index is 0.0249. The number of ether oxygens (including phenoxy) is 1. The first kappa shape index (κ1) is 29.4. The van der Waals surface area contributed by atoms with E-state index >= 15 is 0 Å². The Bertz CT molecular complexity index is 1170. The molecule has 2 aromatic rings. The molecule has 0 spiro atoms. The molecule has 0 aliphatic heterocycles. The molecule has 2 aromatic carbocycles. The zero-order valence-electron chi connectivity index (χ0n) is 24.1. The van der Waals surface area contributed by atoms with Gasteiger partial charge >= 0.3 is 6.09 Å². The number of rotatable bonds is 9. The summed E-state index contributed by atoms with van der Waals surface area (Å²) >= 11 is 0. The Morgan fingerprint density at radius 2 is 1.70 bits per heavy atom. The molecule has 2 aliphatic rings. The molecule has 3 amide bonds. The topological polar surface area (TPSA) is 108 Å². The molecule has 4 atom stereocenters. The fraction of sp³-hybridized carbons (Fsp3) is 0.531. The van der Waals surface area contributed by atoms with E-state index < -0.39 is 23.8 Å². The normalized spacial score (nSPS) is 20.6. The maximum absolute atomic E-state index is 14.5. The molecule has 216 valence electrons. The maximum atomic E-state index is 14.5. The first-order valence-corrected chi connectivity index (χ1v) is 14.5. The van der Waals surface area contributed by atoms with Gasteiger partial charge in [-0.3, -0.25) is 9.59 Å². The lowest BCUT2D eigenvalue weighted by molar-refractivity contribution is -0.143. The molecule has 2 fully saturated rings. The fourth-order valence-electron chi connectivity index (χ4n) is 5.51. The number of hydrogen-bond acceptors (Lipinski definition) is 5. The highest BCUT2D eigenvalue weighted by Crippen LogP contribution is 2.41. The molecule has 8 nitrogen and oxygen atoms in total. The van der Waals surface area contributed by atoms with E-state index in [1.54, 1.807) is 49.9 Å². The van der Waals surface area contributed by atoms with E-state index in [-0.39, 0.29) is 42.0 Å². The minimum Gasteiger partial charge on any atom is -0.508 e. The van der Waals surface area contributed by atoms with Crippen molar-refractivity contribution in [1.82, 2.24) is 15.5 Å². The van der Waals surface area contributed by atoms with Crippen LogP contribution in [0.5, 0.6) is 5.75 Å². The zero-order chi connectivity index (χ0) is 28.9.